The Kier molecular flexibility index (Phi) is 5.37. The summed E-state index contributed by atoms with van der Waals surface area (Å²) in [6, 6.07) is 9.65. The maximum Gasteiger partial charge on any atom is 0.338 e. The van der Waals surface area contributed by atoms with Crippen LogP contribution in [0.25, 0.3) is 0 Å². The van der Waals surface area contributed by atoms with Crippen LogP contribution < -0.4 is 5.73 Å². The summed E-state index contributed by atoms with van der Waals surface area (Å²) >= 11 is 0. The van der Waals surface area contributed by atoms with Crippen molar-refractivity contribution < 1.29 is 9.90 Å². The Bertz CT molecular complexity index is 679. The Morgan fingerprint density at radius 3 is 2.41 bits per heavy atom. The van der Waals surface area contributed by atoms with Crippen LogP contribution in [0, 0.1) is 0 Å². The molecule has 0 radical (unpaired) electrons. The van der Waals surface area contributed by atoms with E-state index in [4.69, 9.17) is 10.8 Å². The Morgan fingerprint density at radius 2 is 1.82 bits per heavy atom. The van der Waals surface area contributed by atoms with Crippen LogP contribution in [0.5, 0.6) is 0 Å². The monoisotopic (exact) mass is 296 g/mol. The number of rotatable bonds is 6. The molecule has 0 amide bonds. The quantitative estimate of drug-likeness (QED) is 0.622. The van der Waals surface area contributed by atoms with E-state index in [1.165, 1.54) is 6.21 Å². The number of carboxylic acids is 1. The number of nitrogens with zero attached hydrogens (tertiary/aromatic N) is 3. The van der Waals surface area contributed by atoms with E-state index in [1.54, 1.807) is 18.5 Å². The van der Waals surface area contributed by atoms with Gasteiger partial charge in [0.05, 0.1) is 12.1 Å². The maximum atomic E-state index is 10.7. The number of aliphatic carboxylic acids is 1. The second kappa shape index (κ2) is 7.68. The van der Waals surface area contributed by atoms with Gasteiger partial charge in [0.25, 0.3) is 0 Å². The van der Waals surface area contributed by atoms with Crippen LogP contribution in [0.2, 0.25) is 0 Å². The minimum atomic E-state index is -1.09. The fourth-order valence-corrected chi connectivity index (χ4v) is 1.79. The highest BCUT2D eigenvalue weighted by molar-refractivity contribution is 6.08. The first-order valence-electron chi connectivity index (χ1n) is 6.68. The minimum Gasteiger partial charge on any atom is -0.478 e. The van der Waals surface area contributed by atoms with Gasteiger partial charge >= 0.3 is 5.97 Å². The van der Waals surface area contributed by atoms with Crippen LogP contribution in [0.4, 0.5) is 0 Å². The lowest BCUT2D eigenvalue weighted by molar-refractivity contribution is -0.132. The molecule has 6 heteroatoms. The second-order valence-electron chi connectivity index (χ2n) is 4.56. The number of hydrogen-bond acceptors (Lipinski definition) is 5. The zero-order valence-electron chi connectivity index (χ0n) is 11.9. The normalized spacial score (nSPS) is 11.7. The minimum absolute atomic E-state index is 0.0298. The Hall–Kier alpha value is -3.02. The molecule has 6 nitrogen and oxygen atoms in total. The van der Waals surface area contributed by atoms with Gasteiger partial charge in [-0.2, -0.15) is 0 Å². The molecule has 0 atom stereocenters. The van der Waals surface area contributed by atoms with Crippen LogP contribution in [-0.4, -0.2) is 27.3 Å². The van der Waals surface area contributed by atoms with Gasteiger partial charge in [0.2, 0.25) is 0 Å². The lowest BCUT2D eigenvalue weighted by Gasteiger charge is -2.02. The van der Waals surface area contributed by atoms with Crippen molar-refractivity contribution in [1.29, 1.82) is 0 Å². The van der Waals surface area contributed by atoms with Crippen molar-refractivity contribution in [3.8, 4) is 0 Å². The molecular weight excluding hydrogens is 280 g/mol. The second-order valence-corrected chi connectivity index (χ2v) is 4.56. The Balaban J connectivity index is 1.95. The fourth-order valence-electron chi connectivity index (χ4n) is 1.79. The number of aromatic nitrogens is 2. The van der Waals surface area contributed by atoms with Crippen molar-refractivity contribution in [2.75, 3.05) is 0 Å². The highest BCUT2D eigenvalue weighted by atomic mass is 16.4. The molecule has 1 aromatic heterocycles. The molecule has 2 rings (SSSR count). The SMILES string of the molecule is N/C=C(\C=NCc1ccc(Cc2ncccn2)cc1)C(=O)O. The van der Waals surface area contributed by atoms with Gasteiger partial charge in [-0.05, 0) is 17.2 Å². The van der Waals surface area contributed by atoms with Crippen LogP contribution in [-0.2, 0) is 17.8 Å². The van der Waals surface area contributed by atoms with E-state index in [0.717, 1.165) is 23.2 Å². The molecular formula is C16H16N4O2. The summed E-state index contributed by atoms with van der Waals surface area (Å²) < 4.78 is 0. The van der Waals surface area contributed by atoms with Gasteiger partial charge in [0.15, 0.2) is 0 Å². The average Bonchev–Trinajstić information content (AvgIpc) is 2.54. The highest BCUT2D eigenvalue weighted by Crippen LogP contribution is 2.09. The molecule has 0 aliphatic heterocycles. The van der Waals surface area contributed by atoms with Crippen LogP contribution in [0.1, 0.15) is 17.0 Å². The Labute approximate surface area is 128 Å². The molecule has 22 heavy (non-hydrogen) atoms. The number of aliphatic imine (C=N–C) groups is 1. The summed E-state index contributed by atoms with van der Waals surface area (Å²) in [5, 5.41) is 8.80. The van der Waals surface area contributed by atoms with Crippen molar-refractivity contribution in [1.82, 2.24) is 9.97 Å². The molecule has 112 valence electrons. The van der Waals surface area contributed by atoms with E-state index >= 15 is 0 Å². The van der Waals surface area contributed by atoms with E-state index < -0.39 is 5.97 Å². The van der Waals surface area contributed by atoms with Crippen molar-refractivity contribution >= 4 is 12.2 Å². The summed E-state index contributed by atoms with van der Waals surface area (Å²) in [4.78, 5) is 23.2. The third kappa shape index (κ3) is 4.52. The van der Waals surface area contributed by atoms with Crippen LogP contribution in [0.15, 0.2) is 59.5 Å². The molecule has 0 bridgehead atoms. The first-order valence-corrected chi connectivity index (χ1v) is 6.68. The number of hydrogen-bond donors (Lipinski definition) is 2. The van der Waals surface area contributed by atoms with Gasteiger partial charge in [0.1, 0.15) is 5.82 Å². The van der Waals surface area contributed by atoms with E-state index in [2.05, 4.69) is 15.0 Å². The molecule has 1 aromatic carbocycles. The van der Waals surface area contributed by atoms with Crippen LogP contribution in [0.3, 0.4) is 0 Å². The van der Waals surface area contributed by atoms with Gasteiger partial charge in [-0.15, -0.1) is 0 Å². The topological polar surface area (TPSA) is 101 Å². The van der Waals surface area contributed by atoms with Gasteiger partial charge in [-0.25, -0.2) is 14.8 Å². The van der Waals surface area contributed by atoms with Crippen molar-refractivity contribution in [2.24, 2.45) is 10.7 Å². The number of carbonyl (C=O) groups is 1. The molecule has 1 heterocycles. The third-order valence-corrected chi connectivity index (χ3v) is 2.94. The fraction of sp³-hybridized carbons (Fsp3) is 0.125. The number of carboxylic acid groups (broad SMARTS) is 1. The summed E-state index contributed by atoms with van der Waals surface area (Å²) in [5.74, 6) is -0.322. The average molecular weight is 296 g/mol. The van der Waals surface area contributed by atoms with Crippen molar-refractivity contribution in [2.45, 2.75) is 13.0 Å². The van der Waals surface area contributed by atoms with Crippen molar-refractivity contribution in [3.05, 3.63) is 71.4 Å². The first kappa shape index (κ1) is 15.4. The van der Waals surface area contributed by atoms with E-state index in [9.17, 15) is 4.79 Å². The largest absolute Gasteiger partial charge is 0.478 e. The molecule has 0 unspecified atom stereocenters. The van der Waals surface area contributed by atoms with Crippen LogP contribution >= 0.6 is 0 Å². The zero-order valence-corrected chi connectivity index (χ0v) is 11.9. The summed E-state index contributed by atoms with van der Waals surface area (Å²) in [6.45, 7) is 0.396. The van der Waals surface area contributed by atoms with Gasteiger partial charge in [-0.3, -0.25) is 4.99 Å². The highest BCUT2D eigenvalue weighted by Gasteiger charge is 2.02. The summed E-state index contributed by atoms with van der Waals surface area (Å²) in [7, 11) is 0. The summed E-state index contributed by atoms with van der Waals surface area (Å²) in [5.41, 5.74) is 7.26. The maximum absolute atomic E-state index is 10.7. The standard InChI is InChI=1S/C16H16N4O2/c17-9-14(16(21)22)11-18-10-13-4-2-12(3-5-13)8-15-19-6-1-7-20-15/h1-7,9,11H,8,10,17H2,(H,21,22)/b14-9+,18-11?. The molecule has 0 spiro atoms. The van der Waals surface area contributed by atoms with Gasteiger partial charge < -0.3 is 10.8 Å². The van der Waals surface area contributed by atoms with E-state index in [-0.39, 0.29) is 5.57 Å². The van der Waals surface area contributed by atoms with E-state index in [1.807, 2.05) is 24.3 Å². The zero-order chi connectivity index (χ0) is 15.8. The molecule has 0 saturated heterocycles. The van der Waals surface area contributed by atoms with Gasteiger partial charge in [0, 0.05) is 31.2 Å². The lowest BCUT2D eigenvalue weighted by atomic mass is 10.1. The smallest absolute Gasteiger partial charge is 0.338 e. The number of nitrogens with two attached hydrogens (primary N) is 1. The Morgan fingerprint density at radius 1 is 1.18 bits per heavy atom. The predicted molar refractivity (Wildman–Crippen MR) is 83.4 cm³/mol. The van der Waals surface area contributed by atoms with Crippen molar-refractivity contribution in [3.63, 3.8) is 0 Å². The molecule has 0 saturated carbocycles. The molecule has 0 aliphatic rings. The molecule has 0 fully saturated rings. The first-order chi connectivity index (χ1) is 10.7. The van der Waals surface area contributed by atoms with E-state index in [0.29, 0.717) is 13.0 Å². The summed E-state index contributed by atoms with van der Waals surface area (Å²) in [6.07, 6.45) is 6.39. The molecule has 3 N–H and O–H groups in total. The van der Waals surface area contributed by atoms with Gasteiger partial charge in [-0.1, -0.05) is 24.3 Å². The third-order valence-electron chi connectivity index (χ3n) is 2.94. The predicted octanol–water partition coefficient (Wildman–Crippen LogP) is 1.57. The lowest BCUT2D eigenvalue weighted by Crippen LogP contribution is -2.04. The number of benzene rings is 1. The molecule has 0 aliphatic carbocycles. The molecule has 2 aromatic rings.